The maximum absolute atomic E-state index is 5.74. The lowest BCUT2D eigenvalue weighted by Crippen LogP contribution is -2.01. The number of nitrogens with zero attached hydrogens (tertiary/aromatic N) is 1. The topological polar surface area (TPSA) is 20.7 Å². The molecule has 5 aromatic carbocycles. The van der Waals surface area contributed by atoms with E-state index in [1.807, 2.05) is 0 Å². The monoisotopic (exact) mass is 390 g/mol. The summed E-state index contributed by atoms with van der Waals surface area (Å²) in [5, 5.41) is 7.53. The molecule has 29 heavy (non-hydrogen) atoms. The predicted molar refractivity (Wildman–Crippen MR) is 125 cm³/mol. The minimum atomic E-state index is 0.735. The summed E-state index contributed by atoms with van der Waals surface area (Å²) in [4.78, 5) is 3.41. The minimum Gasteiger partial charge on any atom is -0.331 e. The second-order valence-corrected chi connectivity index (χ2v) is 7.92. The third-order valence-electron chi connectivity index (χ3n) is 5.84. The number of hydrogen-bond donors (Lipinski definition) is 1. The van der Waals surface area contributed by atoms with Crippen LogP contribution in [0.15, 0.2) is 91.0 Å². The zero-order chi connectivity index (χ0) is 19.4. The lowest BCUT2D eigenvalue weighted by atomic mass is 9.96. The molecule has 0 saturated heterocycles. The maximum Gasteiger partial charge on any atom is 0.178 e. The molecule has 0 fully saturated rings. The van der Waals surface area contributed by atoms with Crippen LogP contribution < -0.4 is 0 Å². The molecule has 0 aliphatic heterocycles. The van der Waals surface area contributed by atoms with Crippen LogP contribution in [-0.4, -0.2) is 9.55 Å². The Kier molecular flexibility index (Phi) is 3.58. The van der Waals surface area contributed by atoms with Crippen molar-refractivity contribution in [2.75, 3.05) is 0 Å². The van der Waals surface area contributed by atoms with Gasteiger partial charge in [0.15, 0.2) is 4.77 Å². The van der Waals surface area contributed by atoms with Crippen molar-refractivity contribution in [2.45, 2.75) is 6.54 Å². The Bertz CT molecular complexity index is 1550. The smallest absolute Gasteiger partial charge is 0.178 e. The summed E-state index contributed by atoms with van der Waals surface area (Å²) in [6, 6.07) is 32.4. The van der Waals surface area contributed by atoms with Crippen LogP contribution in [0.5, 0.6) is 0 Å². The van der Waals surface area contributed by atoms with Crippen LogP contribution >= 0.6 is 12.2 Å². The Hall–Kier alpha value is -3.43. The highest BCUT2D eigenvalue weighted by Gasteiger charge is 2.12. The molecule has 1 heterocycles. The van der Waals surface area contributed by atoms with Crippen molar-refractivity contribution < 1.29 is 0 Å². The molecule has 1 N–H and O–H groups in total. The van der Waals surface area contributed by atoms with Gasteiger partial charge in [-0.3, -0.25) is 0 Å². The fourth-order valence-corrected chi connectivity index (χ4v) is 4.71. The molecular formula is C26H18N2S. The molecule has 6 rings (SSSR count). The zero-order valence-electron chi connectivity index (χ0n) is 15.7. The van der Waals surface area contributed by atoms with Gasteiger partial charge in [0.25, 0.3) is 0 Å². The highest BCUT2D eigenvalue weighted by Crippen LogP contribution is 2.31. The van der Waals surface area contributed by atoms with Gasteiger partial charge < -0.3 is 9.55 Å². The van der Waals surface area contributed by atoms with Gasteiger partial charge in [-0.2, -0.15) is 0 Å². The van der Waals surface area contributed by atoms with Gasteiger partial charge in [0.1, 0.15) is 0 Å². The number of hydrogen-bond acceptors (Lipinski definition) is 1. The van der Waals surface area contributed by atoms with Gasteiger partial charge in [0.05, 0.1) is 17.6 Å². The average molecular weight is 391 g/mol. The number of aromatic nitrogens is 2. The highest BCUT2D eigenvalue weighted by atomic mass is 32.1. The molecule has 0 saturated carbocycles. The first-order valence-corrected chi connectivity index (χ1v) is 10.2. The summed E-state index contributed by atoms with van der Waals surface area (Å²) >= 11 is 5.74. The molecule has 0 bridgehead atoms. The standard InChI is InChI=1S/C26H18N2S/c29-26-27-24-14-17-7-1-2-8-18(17)15-25(24)28(26)16-23-21-11-5-3-9-19(21)13-20-10-4-6-12-22(20)23/h1-15H,16H2,(H,27,29). The average Bonchev–Trinajstić information content (AvgIpc) is 3.06. The molecule has 0 aliphatic carbocycles. The molecule has 0 amide bonds. The van der Waals surface area contributed by atoms with Crippen LogP contribution in [0.3, 0.4) is 0 Å². The fraction of sp³-hybridized carbons (Fsp3) is 0.0385. The number of benzene rings is 5. The van der Waals surface area contributed by atoms with Crippen molar-refractivity contribution in [1.82, 2.24) is 9.55 Å². The van der Waals surface area contributed by atoms with Gasteiger partial charge in [0, 0.05) is 0 Å². The van der Waals surface area contributed by atoms with E-state index in [-0.39, 0.29) is 0 Å². The van der Waals surface area contributed by atoms with Gasteiger partial charge in [-0.25, -0.2) is 0 Å². The third-order valence-corrected chi connectivity index (χ3v) is 6.16. The summed E-state index contributed by atoms with van der Waals surface area (Å²) in [5.74, 6) is 0. The molecule has 6 aromatic rings. The number of nitrogens with one attached hydrogen (secondary N) is 1. The zero-order valence-corrected chi connectivity index (χ0v) is 16.5. The quantitative estimate of drug-likeness (QED) is 0.245. The molecule has 0 aliphatic rings. The van der Waals surface area contributed by atoms with Crippen molar-refractivity contribution in [3.63, 3.8) is 0 Å². The van der Waals surface area contributed by atoms with E-state index in [1.54, 1.807) is 0 Å². The van der Waals surface area contributed by atoms with Crippen LogP contribution in [0.2, 0.25) is 0 Å². The molecule has 0 unspecified atom stereocenters. The van der Waals surface area contributed by atoms with Crippen LogP contribution in [0, 0.1) is 4.77 Å². The lowest BCUT2D eigenvalue weighted by Gasteiger charge is -2.13. The first kappa shape index (κ1) is 16.5. The van der Waals surface area contributed by atoms with Crippen molar-refractivity contribution >= 4 is 55.6 Å². The van der Waals surface area contributed by atoms with E-state index >= 15 is 0 Å². The minimum absolute atomic E-state index is 0.735. The Morgan fingerprint density at radius 2 is 1.21 bits per heavy atom. The summed E-state index contributed by atoms with van der Waals surface area (Å²) < 4.78 is 2.98. The molecule has 3 heteroatoms. The van der Waals surface area contributed by atoms with Crippen LogP contribution in [0.4, 0.5) is 0 Å². The van der Waals surface area contributed by atoms with Crippen molar-refractivity contribution in [3.05, 3.63) is 101 Å². The molecular weight excluding hydrogens is 372 g/mol. The van der Waals surface area contributed by atoms with Gasteiger partial charge in [0.2, 0.25) is 0 Å². The summed E-state index contributed by atoms with van der Waals surface area (Å²) in [5.41, 5.74) is 3.54. The summed E-state index contributed by atoms with van der Waals surface area (Å²) in [6.07, 6.45) is 0. The molecule has 138 valence electrons. The van der Waals surface area contributed by atoms with E-state index in [4.69, 9.17) is 12.2 Å². The SMILES string of the molecule is S=c1[nH]c2cc3ccccc3cc2n1Cc1c2ccccc2cc2ccccc12. The lowest BCUT2D eigenvalue weighted by molar-refractivity contribution is 0.821. The van der Waals surface area contributed by atoms with Gasteiger partial charge in [-0.05, 0) is 68.3 Å². The summed E-state index contributed by atoms with van der Waals surface area (Å²) in [6.45, 7) is 0.735. The van der Waals surface area contributed by atoms with Crippen LogP contribution in [-0.2, 0) is 6.54 Å². The normalized spacial score (nSPS) is 11.7. The highest BCUT2D eigenvalue weighted by molar-refractivity contribution is 7.71. The first-order chi connectivity index (χ1) is 14.3. The fourth-order valence-electron chi connectivity index (χ4n) is 4.44. The number of rotatable bonds is 2. The summed E-state index contributed by atoms with van der Waals surface area (Å²) in [7, 11) is 0. The van der Waals surface area contributed by atoms with Crippen LogP contribution in [0.1, 0.15) is 5.56 Å². The molecule has 0 atom stereocenters. The predicted octanol–water partition coefficient (Wildman–Crippen LogP) is 7.21. The van der Waals surface area contributed by atoms with E-state index in [2.05, 4.69) is 101 Å². The van der Waals surface area contributed by atoms with E-state index < -0.39 is 0 Å². The van der Waals surface area contributed by atoms with E-state index in [0.29, 0.717) is 0 Å². The molecule has 0 spiro atoms. The van der Waals surface area contributed by atoms with E-state index in [0.717, 1.165) is 22.3 Å². The van der Waals surface area contributed by atoms with Gasteiger partial charge in [-0.1, -0.05) is 72.8 Å². The van der Waals surface area contributed by atoms with Crippen molar-refractivity contribution in [3.8, 4) is 0 Å². The Morgan fingerprint density at radius 3 is 1.86 bits per heavy atom. The molecule has 1 aromatic heterocycles. The van der Waals surface area contributed by atoms with Crippen LogP contribution in [0.25, 0.3) is 43.4 Å². The second-order valence-electron chi connectivity index (χ2n) is 7.53. The number of aromatic amines is 1. The second kappa shape index (κ2) is 6.29. The molecule has 2 nitrogen and oxygen atoms in total. The Morgan fingerprint density at radius 1 is 0.655 bits per heavy atom. The van der Waals surface area contributed by atoms with Gasteiger partial charge >= 0.3 is 0 Å². The number of fused-ring (bicyclic) bond motifs is 4. The Labute approximate surface area is 173 Å². The van der Waals surface area contributed by atoms with Crippen molar-refractivity contribution in [2.24, 2.45) is 0 Å². The first-order valence-electron chi connectivity index (χ1n) is 9.79. The number of imidazole rings is 1. The largest absolute Gasteiger partial charge is 0.331 e. The van der Waals surface area contributed by atoms with E-state index in [1.165, 1.54) is 37.9 Å². The van der Waals surface area contributed by atoms with Gasteiger partial charge in [-0.15, -0.1) is 0 Å². The maximum atomic E-state index is 5.74. The van der Waals surface area contributed by atoms with Crippen molar-refractivity contribution in [1.29, 1.82) is 0 Å². The molecule has 0 radical (unpaired) electrons. The number of H-pyrrole nitrogens is 1. The van der Waals surface area contributed by atoms with E-state index in [9.17, 15) is 0 Å². The Balaban J connectivity index is 1.65. The third kappa shape index (κ3) is 2.59.